The minimum Gasteiger partial charge on any atom is -0.357 e. The van der Waals surface area contributed by atoms with Gasteiger partial charge in [-0.2, -0.15) is 13.2 Å². The van der Waals surface area contributed by atoms with Crippen LogP contribution in [0, 0.1) is 0 Å². The van der Waals surface area contributed by atoms with Gasteiger partial charge in [0, 0.05) is 10.9 Å². The molecule has 0 atom stereocenters. The number of hydrogen-bond acceptors (Lipinski definition) is 3. The van der Waals surface area contributed by atoms with E-state index in [1.807, 2.05) is 20.8 Å². The first kappa shape index (κ1) is 15.6. The molecule has 3 nitrogen and oxygen atoms in total. The molecule has 0 saturated heterocycles. The summed E-state index contributed by atoms with van der Waals surface area (Å²) in [5, 5.41) is 6.64. The molecule has 114 valence electrons. The Morgan fingerprint density at radius 2 is 1.76 bits per heavy atom. The van der Waals surface area contributed by atoms with E-state index in [9.17, 15) is 13.2 Å². The minimum absolute atomic E-state index is 0.0363. The van der Waals surface area contributed by atoms with Crippen LogP contribution < -0.4 is 10.6 Å². The number of benzene rings is 1. The SMILES string of the molecule is CC(C)(C)NCNc1ccc2cccc(C(F)(F)F)c2n1. The quantitative estimate of drug-likeness (QED) is 0.840. The maximum atomic E-state index is 13.0. The van der Waals surface area contributed by atoms with Gasteiger partial charge in [-0.05, 0) is 39.0 Å². The van der Waals surface area contributed by atoms with E-state index < -0.39 is 11.7 Å². The van der Waals surface area contributed by atoms with Crippen LogP contribution in [0.15, 0.2) is 30.3 Å². The second-order valence-electron chi connectivity index (χ2n) is 5.85. The lowest BCUT2D eigenvalue weighted by Crippen LogP contribution is -2.39. The Morgan fingerprint density at radius 3 is 2.38 bits per heavy atom. The van der Waals surface area contributed by atoms with Crippen molar-refractivity contribution in [2.24, 2.45) is 0 Å². The Hall–Kier alpha value is -1.82. The topological polar surface area (TPSA) is 37.0 Å². The Balaban J connectivity index is 2.28. The lowest BCUT2D eigenvalue weighted by atomic mass is 10.1. The summed E-state index contributed by atoms with van der Waals surface area (Å²) in [6, 6.07) is 7.37. The van der Waals surface area contributed by atoms with Crippen molar-refractivity contribution >= 4 is 16.7 Å². The molecule has 0 bridgehead atoms. The number of hydrogen-bond donors (Lipinski definition) is 2. The number of alkyl halides is 3. The van der Waals surface area contributed by atoms with Crippen LogP contribution in [0.1, 0.15) is 26.3 Å². The van der Waals surface area contributed by atoms with Crippen molar-refractivity contribution in [3.05, 3.63) is 35.9 Å². The van der Waals surface area contributed by atoms with Crippen LogP contribution in [0.25, 0.3) is 10.9 Å². The molecule has 2 N–H and O–H groups in total. The number of rotatable bonds is 3. The van der Waals surface area contributed by atoms with Gasteiger partial charge in [0.2, 0.25) is 0 Å². The van der Waals surface area contributed by atoms with Gasteiger partial charge >= 0.3 is 6.18 Å². The van der Waals surface area contributed by atoms with Gasteiger partial charge in [-0.3, -0.25) is 5.32 Å². The molecule has 6 heteroatoms. The number of fused-ring (bicyclic) bond motifs is 1. The third-order valence-corrected chi connectivity index (χ3v) is 2.91. The van der Waals surface area contributed by atoms with E-state index in [1.54, 1.807) is 18.2 Å². The number of aromatic nitrogens is 1. The molecule has 0 fully saturated rings. The Morgan fingerprint density at radius 1 is 1.05 bits per heavy atom. The predicted octanol–water partition coefficient (Wildman–Crippen LogP) is 4.01. The largest absolute Gasteiger partial charge is 0.418 e. The highest BCUT2D eigenvalue weighted by atomic mass is 19.4. The monoisotopic (exact) mass is 297 g/mol. The maximum absolute atomic E-state index is 13.0. The number of anilines is 1. The van der Waals surface area contributed by atoms with Crippen LogP contribution in [0.2, 0.25) is 0 Å². The fraction of sp³-hybridized carbons (Fsp3) is 0.400. The van der Waals surface area contributed by atoms with Gasteiger partial charge in [0.05, 0.1) is 17.7 Å². The fourth-order valence-electron chi connectivity index (χ4n) is 1.87. The molecule has 0 unspecified atom stereocenters. The van der Waals surface area contributed by atoms with Crippen LogP contribution in [-0.4, -0.2) is 17.2 Å². The van der Waals surface area contributed by atoms with Crippen LogP contribution in [0.3, 0.4) is 0 Å². The summed E-state index contributed by atoms with van der Waals surface area (Å²) < 4.78 is 39.0. The van der Waals surface area contributed by atoms with E-state index in [0.717, 1.165) is 6.07 Å². The molecular formula is C15H18F3N3. The summed E-state index contributed by atoms with van der Waals surface area (Å²) in [6.07, 6.45) is -4.41. The van der Waals surface area contributed by atoms with Crippen molar-refractivity contribution in [3.63, 3.8) is 0 Å². The molecule has 1 aromatic carbocycles. The Bertz CT molecular complexity index is 630. The van der Waals surface area contributed by atoms with Gasteiger partial charge in [0.1, 0.15) is 5.82 Å². The number of halogens is 3. The zero-order valence-corrected chi connectivity index (χ0v) is 12.2. The third-order valence-electron chi connectivity index (χ3n) is 2.91. The Kier molecular flexibility index (Phi) is 4.09. The zero-order chi connectivity index (χ0) is 15.7. The first-order valence-electron chi connectivity index (χ1n) is 6.63. The van der Waals surface area contributed by atoms with Crippen molar-refractivity contribution < 1.29 is 13.2 Å². The van der Waals surface area contributed by atoms with E-state index >= 15 is 0 Å². The van der Waals surface area contributed by atoms with Crippen molar-refractivity contribution in [2.45, 2.75) is 32.5 Å². The molecule has 1 aromatic heterocycles. The van der Waals surface area contributed by atoms with Crippen molar-refractivity contribution in [1.82, 2.24) is 10.3 Å². The Labute approximate surface area is 121 Å². The highest BCUT2D eigenvalue weighted by molar-refractivity contribution is 5.83. The molecule has 0 aliphatic rings. The zero-order valence-electron chi connectivity index (χ0n) is 12.2. The lowest BCUT2D eigenvalue weighted by Gasteiger charge is -2.21. The van der Waals surface area contributed by atoms with Crippen LogP contribution >= 0.6 is 0 Å². The average Bonchev–Trinajstić information content (AvgIpc) is 2.35. The average molecular weight is 297 g/mol. The van der Waals surface area contributed by atoms with Gasteiger partial charge in [0.25, 0.3) is 0 Å². The number of nitrogens with one attached hydrogen (secondary N) is 2. The van der Waals surface area contributed by atoms with E-state index in [1.165, 1.54) is 6.07 Å². The highest BCUT2D eigenvalue weighted by Crippen LogP contribution is 2.34. The lowest BCUT2D eigenvalue weighted by molar-refractivity contribution is -0.136. The molecule has 1 heterocycles. The maximum Gasteiger partial charge on any atom is 0.418 e. The van der Waals surface area contributed by atoms with E-state index in [-0.39, 0.29) is 11.1 Å². The van der Waals surface area contributed by atoms with Crippen LogP contribution in [0.4, 0.5) is 19.0 Å². The standard InChI is InChI=1S/C15H18F3N3/c1-14(2,3)20-9-19-12-8-7-10-5-4-6-11(13(10)21-12)15(16,17)18/h4-8,20H,9H2,1-3H3,(H,19,21). The molecule has 2 rings (SSSR count). The molecule has 0 amide bonds. The summed E-state index contributed by atoms with van der Waals surface area (Å²) in [5.74, 6) is 0.413. The smallest absolute Gasteiger partial charge is 0.357 e. The predicted molar refractivity (Wildman–Crippen MR) is 78.1 cm³/mol. The number of pyridine rings is 1. The van der Waals surface area contributed by atoms with E-state index in [4.69, 9.17) is 0 Å². The molecule has 21 heavy (non-hydrogen) atoms. The summed E-state index contributed by atoms with van der Waals surface area (Å²) >= 11 is 0. The molecule has 0 spiro atoms. The third kappa shape index (κ3) is 4.07. The molecule has 0 saturated carbocycles. The van der Waals surface area contributed by atoms with Crippen molar-refractivity contribution in [2.75, 3.05) is 12.0 Å². The van der Waals surface area contributed by atoms with Gasteiger partial charge in [-0.25, -0.2) is 4.98 Å². The van der Waals surface area contributed by atoms with Crippen LogP contribution in [0.5, 0.6) is 0 Å². The summed E-state index contributed by atoms with van der Waals surface area (Å²) in [7, 11) is 0. The molecule has 0 aliphatic heterocycles. The second kappa shape index (κ2) is 5.52. The first-order valence-corrected chi connectivity index (χ1v) is 6.63. The minimum atomic E-state index is -4.41. The van der Waals surface area contributed by atoms with Gasteiger partial charge in [-0.1, -0.05) is 12.1 Å². The first-order chi connectivity index (χ1) is 9.67. The second-order valence-corrected chi connectivity index (χ2v) is 5.85. The summed E-state index contributed by atoms with van der Waals surface area (Å²) in [4.78, 5) is 4.09. The summed E-state index contributed by atoms with van der Waals surface area (Å²) in [6.45, 7) is 6.44. The van der Waals surface area contributed by atoms with E-state index in [2.05, 4.69) is 15.6 Å². The molecule has 0 radical (unpaired) electrons. The van der Waals surface area contributed by atoms with Gasteiger partial charge in [0.15, 0.2) is 0 Å². The van der Waals surface area contributed by atoms with Crippen LogP contribution in [-0.2, 0) is 6.18 Å². The highest BCUT2D eigenvalue weighted by Gasteiger charge is 2.33. The molecular weight excluding hydrogens is 279 g/mol. The molecule has 0 aliphatic carbocycles. The number of para-hydroxylation sites is 1. The fourth-order valence-corrected chi connectivity index (χ4v) is 1.87. The summed E-state index contributed by atoms with van der Waals surface area (Å²) in [5.41, 5.74) is -0.834. The van der Waals surface area contributed by atoms with Crippen molar-refractivity contribution in [3.8, 4) is 0 Å². The molecule has 2 aromatic rings. The van der Waals surface area contributed by atoms with E-state index in [0.29, 0.717) is 17.9 Å². The van der Waals surface area contributed by atoms with Crippen molar-refractivity contribution in [1.29, 1.82) is 0 Å². The van der Waals surface area contributed by atoms with Gasteiger partial charge in [-0.15, -0.1) is 0 Å². The number of nitrogens with zero attached hydrogens (tertiary/aromatic N) is 1. The normalized spacial score (nSPS) is 12.7. The van der Waals surface area contributed by atoms with Gasteiger partial charge < -0.3 is 5.32 Å².